The summed E-state index contributed by atoms with van der Waals surface area (Å²) >= 11 is 1.67. The molecule has 0 radical (unpaired) electrons. The molecule has 8 heteroatoms. The molecule has 0 bridgehead atoms. The zero-order valence-corrected chi connectivity index (χ0v) is 11.8. The number of ether oxygens (including phenoxy) is 2. The van der Waals surface area contributed by atoms with E-state index in [1.165, 1.54) is 0 Å². The second kappa shape index (κ2) is 8.84. The summed E-state index contributed by atoms with van der Waals surface area (Å²) < 4.78 is 11.8. The van der Waals surface area contributed by atoms with Crippen molar-refractivity contribution in [2.24, 2.45) is 5.73 Å². The summed E-state index contributed by atoms with van der Waals surface area (Å²) in [5, 5.41) is 7.51. The number of nitrogens with zero attached hydrogens (tertiary/aromatic N) is 3. The van der Waals surface area contributed by atoms with E-state index in [1.54, 1.807) is 33.5 Å². The quantitative estimate of drug-likeness (QED) is 0.226. The Balaban J connectivity index is 2.06. The van der Waals surface area contributed by atoms with Crippen molar-refractivity contribution in [2.45, 2.75) is 6.54 Å². The standard InChI is InChI=1S/C10H13IN4O3/c11-10(16)9-8-15(14-13-9)3-5-18-7-6-17-4-1-2-12/h8H,3-7,12H2. The molecule has 2 N–H and O–H groups in total. The van der Waals surface area contributed by atoms with Gasteiger partial charge in [0.2, 0.25) is 3.79 Å². The van der Waals surface area contributed by atoms with Crippen LogP contribution in [-0.4, -0.2) is 45.2 Å². The highest BCUT2D eigenvalue weighted by atomic mass is 127. The van der Waals surface area contributed by atoms with E-state index in [4.69, 9.17) is 15.2 Å². The molecule has 0 aromatic carbocycles. The first-order chi connectivity index (χ1) is 8.74. The number of aromatic nitrogens is 3. The van der Waals surface area contributed by atoms with Gasteiger partial charge in [-0.1, -0.05) is 11.1 Å². The first-order valence-corrected chi connectivity index (χ1v) is 6.26. The van der Waals surface area contributed by atoms with Crippen LogP contribution >= 0.6 is 22.6 Å². The van der Waals surface area contributed by atoms with Crippen molar-refractivity contribution in [1.82, 2.24) is 15.0 Å². The first-order valence-electron chi connectivity index (χ1n) is 5.18. The molecule has 0 saturated carbocycles. The maximum absolute atomic E-state index is 11.0. The van der Waals surface area contributed by atoms with Gasteiger partial charge in [0.25, 0.3) is 0 Å². The highest BCUT2D eigenvalue weighted by Crippen LogP contribution is 2.00. The van der Waals surface area contributed by atoms with Crippen molar-refractivity contribution in [3.8, 4) is 12.0 Å². The monoisotopic (exact) mass is 364 g/mol. The number of carbonyl (C=O) groups excluding carboxylic acids is 1. The van der Waals surface area contributed by atoms with Crippen molar-refractivity contribution in [2.75, 3.05) is 26.4 Å². The van der Waals surface area contributed by atoms with Gasteiger partial charge in [0.1, 0.15) is 6.61 Å². The fraction of sp³-hybridized carbons (Fsp3) is 0.500. The second-order valence-electron chi connectivity index (χ2n) is 3.13. The van der Waals surface area contributed by atoms with Crippen molar-refractivity contribution in [1.29, 1.82) is 0 Å². The fourth-order valence-electron chi connectivity index (χ4n) is 1.04. The smallest absolute Gasteiger partial charge is 0.244 e. The highest BCUT2D eigenvalue weighted by Gasteiger charge is 2.05. The molecule has 0 fully saturated rings. The number of carbonyl (C=O) groups is 1. The molecule has 98 valence electrons. The van der Waals surface area contributed by atoms with Gasteiger partial charge in [-0.15, -0.1) is 5.10 Å². The lowest BCUT2D eigenvalue weighted by Crippen LogP contribution is -2.10. The summed E-state index contributed by atoms with van der Waals surface area (Å²) in [7, 11) is 0. The Morgan fingerprint density at radius 2 is 2.22 bits per heavy atom. The van der Waals surface area contributed by atoms with Crippen LogP contribution in [0.2, 0.25) is 0 Å². The van der Waals surface area contributed by atoms with Crippen LogP contribution in [-0.2, 0) is 16.0 Å². The van der Waals surface area contributed by atoms with Crippen molar-refractivity contribution in [3.63, 3.8) is 0 Å². The molecule has 0 aliphatic rings. The molecule has 0 atom stereocenters. The zero-order valence-electron chi connectivity index (χ0n) is 9.63. The topological polar surface area (TPSA) is 92.3 Å². The maximum atomic E-state index is 11.0. The zero-order chi connectivity index (χ0) is 13.2. The Labute approximate surface area is 118 Å². The fourth-order valence-corrected chi connectivity index (χ4v) is 1.29. The Bertz CT molecular complexity index is 438. The molecule has 18 heavy (non-hydrogen) atoms. The lowest BCUT2D eigenvalue weighted by molar-refractivity contribution is 0.0554. The van der Waals surface area contributed by atoms with E-state index in [2.05, 4.69) is 22.3 Å². The number of rotatable bonds is 8. The third-order valence-electron chi connectivity index (χ3n) is 1.85. The van der Waals surface area contributed by atoms with E-state index in [0.717, 1.165) is 0 Å². The van der Waals surface area contributed by atoms with Crippen LogP contribution in [0.15, 0.2) is 6.20 Å². The Morgan fingerprint density at radius 3 is 2.89 bits per heavy atom. The minimum atomic E-state index is -0.130. The third-order valence-corrected chi connectivity index (χ3v) is 2.41. The molecule has 0 spiro atoms. The number of hydrogen-bond donors (Lipinski definition) is 1. The first kappa shape index (κ1) is 14.9. The van der Waals surface area contributed by atoms with E-state index in [-0.39, 0.29) is 3.79 Å². The second-order valence-corrected chi connectivity index (χ2v) is 4.11. The SMILES string of the molecule is NC#CCOCCOCCn1cc(C(=O)I)nn1. The van der Waals surface area contributed by atoms with Crippen molar-refractivity contribution < 1.29 is 14.3 Å². The van der Waals surface area contributed by atoms with Crippen LogP contribution in [0, 0.1) is 12.0 Å². The molecule has 1 heterocycles. The van der Waals surface area contributed by atoms with Gasteiger partial charge in [-0.05, 0) is 0 Å². The maximum Gasteiger partial charge on any atom is 0.244 e. The van der Waals surface area contributed by atoms with E-state index >= 15 is 0 Å². The van der Waals surface area contributed by atoms with Gasteiger partial charge in [0.15, 0.2) is 5.69 Å². The third kappa shape index (κ3) is 5.95. The summed E-state index contributed by atoms with van der Waals surface area (Å²) in [5.74, 6) is 2.57. The van der Waals surface area contributed by atoms with E-state index in [9.17, 15) is 4.79 Å². The van der Waals surface area contributed by atoms with Crippen LogP contribution < -0.4 is 5.73 Å². The molecule has 0 aliphatic heterocycles. The molecule has 1 aromatic rings. The summed E-state index contributed by atoms with van der Waals surface area (Å²) in [6.07, 6.45) is 1.59. The van der Waals surface area contributed by atoms with Gasteiger partial charge in [-0.2, -0.15) is 0 Å². The summed E-state index contributed by atoms with van der Waals surface area (Å²) in [4.78, 5) is 11.0. The molecular weight excluding hydrogens is 351 g/mol. The minimum Gasteiger partial charge on any atom is -0.377 e. The molecule has 0 amide bonds. The van der Waals surface area contributed by atoms with E-state index in [0.29, 0.717) is 38.7 Å². The average molecular weight is 364 g/mol. The minimum absolute atomic E-state index is 0.130. The predicted molar refractivity (Wildman–Crippen MR) is 72.0 cm³/mol. The van der Waals surface area contributed by atoms with Gasteiger partial charge in [-0.25, -0.2) is 4.68 Å². The largest absolute Gasteiger partial charge is 0.377 e. The van der Waals surface area contributed by atoms with Crippen molar-refractivity contribution in [3.05, 3.63) is 11.9 Å². The summed E-state index contributed by atoms with van der Waals surface area (Å²) in [6.45, 7) is 2.26. The van der Waals surface area contributed by atoms with Crippen molar-refractivity contribution >= 4 is 26.4 Å². The normalized spacial score (nSPS) is 9.83. The van der Waals surface area contributed by atoms with Gasteiger partial charge < -0.3 is 15.2 Å². The van der Waals surface area contributed by atoms with Gasteiger partial charge >= 0.3 is 0 Å². The van der Waals surface area contributed by atoms with Crippen LogP contribution in [0.25, 0.3) is 0 Å². The average Bonchev–Trinajstić information content (AvgIpc) is 2.81. The van der Waals surface area contributed by atoms with Crippen LogP contribution in [0.3, 0.4) is 0 Å². The summed E-state index contributed by atoms with van der Waals surface area (Å²) in [6, 6.07) is 2.24. The molecule has 0 unspecified atom stereocenters. The summed E-state index contributed by atoms with van der Waals surface area (Å²) in [5.41, 5.74) is 5.31. The van der Waals surface area contributed by atoms with Gasteiger partial charge in [0, 0.05) is 28.6 Å². The lowest BCUT2D eigenvalue weighted by Gasteiger charge is -2.03. The molecule has 0 aliphatic carbocycles. The number of nitrogens with two attached hydrogens (primary N) is 1. The van der Waals surface area contributed by atoms with Gasteiger partial charge in [-0.3, -0.25) is 4.79 Å². The Morgan fingerprint density at radius 1 is 1.44 bits per heavy atom. The van der Waals surface area contributed by atoms with Crippen LogP contribution in [0.1, 0.15) is 10.5 Å². The van der Waals surface area contributed by atoms with Gasteiger partial charge in [0.05, 0.1) is 32.6 Å². The molecular formula is C10H13IN4O3. The van der Waals surface area contributed by atoms with Crippen LogP contribution in [0.5, 0.6) is 0 Å². The molecule has 1 rings (SSSR count). The molecule has 1 aromatic heterocycles. The van der Waals surface area contributed by atoms with E-state index in [1.807, 2.05) is 0 Å². The lowest BCUT2D eigenvalue weighted by atomic mass is 10.5. The number of hydrogen-bond acceptors (Lipinski definition) is 6. The Kier molecular flexibility index (Phi) is 7.31. The highest BCUT2D eigenvalue weighted by molar-refractivity contribution is 14.1. The number of halogens is 1. The molecule has 0 saturated heterocycles. The molecule has 7 nitrogen and oxygen atoms in total. The van der Waals surface area contributed by atoms with Crippen LogP contribution in [0.4, 0.5) is 0 Å². The van der Waals surface area contributed by atoms with E-state index < -0.39 is 0 Å². The Hall–Kier alpha value is -1.18. The predicted octanol–water partition coefficient (Wildman–Crippen LogP) is -0.194.